The van der Waals surface area contributed by atoms with Gasteiger partial charge < -0.3 is 19.8 Å². The van der Waals surface area contributed by atoms with Crippen molar-refractivity contribution in [3.05, 3.63) is 83.6 Å². The summed E-state index contributed by atoms with van der Waals surface area (Å²) in [6, 6.07) is 19.8. The highest BCUT2D eigenvalue weighted by Gasteiger charge is 2.52. The largest absolute Gasteiger partial charge is 0.468 e. The molecule has 0 saturated heterocycles. The highest BCUT2D eigenvalue weighted by atomic mass is 16.7. The Morgan fingerprint density at radius 2 is 1.78 bits per heavy atom. The molecule has 3 aromatic rings. The minimum absolute atomic E-state index is 0.0890. The zero-order valence-corrected chi connectivity index (χ0v) is 26.3. The van der Waals surface area contributed by atoms with Crippen LogP contribution in [0.4, 0.5) is 0 Å². The topological polar surface area (TPSA) is 127 Å². The van der Waals surface area contributed by atoms with Crippen molar-refractivity contribution in [2.24, 2.45) is 5.92 Å². The second-order valence-electron chi connectivity index (χ2n) is 11.3. The summed E-state index contributed by atoms with van der Waals surface area (Å²) >= 11 is 0. The molecule has 1 aliphatic carbocycles. The van der Waals surface area contributed by atoms with Crippen molar-refractivity contribution in [3.8, 4) is 11.3 Å². The lowest BCUT2D eigenvalue weighted by Crippen LogP contribution is -2.48. The van der Waals surface area contributed by atoms with Gasteiger partial charge in [-0.2, -0.15) is 0 Å². The average Bonchev–Trinajstić information content (AvgIpc) is 3.74. The highest BCUT2D eigenvalue weighted by Crippen LogP contribution is 2.49. The van der Waals surface area contributed by atoms with E-state index in [0.29, 0.717) is 25.0 Å². The quantitative estimate of drug-likeness (QED) is 0.0633. The van der Waals surface area contributed by atoms with E-state index in [1.807, 2.05) is 61.5 Å². The number of nitrogens with zero attached hydrogens (tertiary/aromatic N) is 1. The van der Waals surface area contributed by atoms with Gasteiger partial charge in [0, 0.05) is 5.56 Å². The van der Waals surface area contributed by atoms with Gasteiger partial charge in [-0.05, 0) is 55.0 Å². The van der Waals surface area contributed by atoms with Gasteiger partial charge in [0.1, 0.15) is 12.4 Å². The Hall–Kier alpha value is -4.44. The van der Waals surface area contributed by atoms with E-state index in [1.54, 1.807) is 12.1 Å². The third-order valence-electron chi connectivity index (χ3n) is 8.36. The fraction of sp³-hybridized carbons (Fsp3) is 0.429. The summed E-state index contributed by atoms with van der Waals surface area (Å²) in [7, 11) is 1.39. The summed E-state index contributed by atoms with van der Waals surface area (Å²) < 4.78 is 10.8. The number of rotatable bonds is 18. The molecule has 2 atom stereocenters. The molecule has 10 heteroatoms. The Kier molecular flexibility index (Phi) is 11.9. The fourth-order valence-corrected chi connectivity index (χ4v) is 5.63. The lowest BCUT2D eigenvalue weighted by molar-refractivity contribution is -0.200. The molecule has 0 spiro atoms. The van der Waals surface area contributed by atoms with Gasteiger partial charge in [-0.1, -0.05) is 81.6 Å². The van der Waals surface area contributed by atoms with E-state index in [9.17, 15) is 19.2 Å². The number of benzene rings is 2. The summed E-state index contributed by atoms with van der Waals surface area (Å²) in [4.78, 5) is 56.5. The number of ether oxygens (including phenoxy) is 1. The number of unbranched alkanes of at least 4 members (excludes halogenated alkanes) is 2. The van der Waals surface area contributed by atoms with E-state index in [1.165, 1.54) is 12.2 Å². The SMILES string of the molecule is CCCCC[C@@H](C(=O)NCNC(=O)c1ccc(-c2cccc(C3(C(=O)OC)CC3)c2)o1)[C@@H](CC)N(C=O)OCc1ccccc1. The predicted molar refractivity (Wildman–Crippen MR) is 168 cm³/mol. The fourth-order valence-electron chi connectivity index (χ4n) is 5.63. The van der Waals surface area contributed by atoms with Crippen molar-refractivity contribution in [2.45, 2.75) is 76.9 Å². The van der Waals surface area contributed by atoms with Crippen LogP contribution in [0.3, 0.4) is 0 Å². The molecule has 1 fully saturated rings. The molecule has 240 valence electrons. The number of carbonyl (C=O) groups is 4. The van der Waals surface area contributed by atoms with Gasteiger partial charge in [0.15, 0.2) is 5.76 Å². The first kappa shape index (κ1) is 33.5. The normalized spacial score (nSPS) is 14.6. The predicted octanol–water partition coefficient (Wildman–Crippen LogP) is 5.52. The number of furan rings is 1. The zero-order valence-electron chi connectivity index (χ0n) is 26.3. The summed E-state index contributed by atoms with van der Waals surface area (Å²) in [5.41, 5.74) is 1.90. The lowest BCUT2D eigenvalue weighted by atomic mass is 9.90. The number of hydrogen-bond donors (Lipinski definition) is 2. The van der Waals surface area contributed by atoms with E-state index >= 15 is 0 Å². The number of esters is 1. The molecule has 1 heterocycles. The van der Waals surface area contributed by atoms with E-state index in [0.717, 1.165) is 48.8 Å². The van der Waals surface area contributed by atoms with Crippen LogP contribution in [-0.2, 0) is 36.0 Å². The van der Waals surface area contributed by atoms with Crippen LogP contribution >= 0.6 is 0 Å². The molecule has 0 unspecified atom stereocenters. The van der Waals surface area contributed by atoms with Crippen molar-refractivity contribution in [3.63, 3.8) is 0 Å². The maximum absolute atomic E-state index is 13.4. The smallest absolute Gasteiger partial charge is 0.316 e. The Balaban J connectivity index is 1.36. The summed E-state index contributed by atoms with van der Waals surface area (Å²) in [5, 5.41) is 6.75. The van der Waals surface area contributed by atoms with E-state index in [-0.39, 0.29) is 30.9 Å². The molecule has 1 aliphatic rings. The molecule has 2 aromatic carbocycles. The standard InChI is InChI=1S/C35H43N3O7/c1-4-6-8-16-28(29(5-2)38(24-39)44-22-25-12-9-7-10-13-25)32(40)36-23-37-33(41)31-18-17-30(45-31)26-14-11-15-27(21-26)35(19-20-35)34(42)43-3/h7,9-15,17-18,21,24,28-29H,4-6,8,16,19-20,22-23H2,1-3H3,(H,36,40)(H,37,41)/t28-,29-/m1/s1. The molecule has 0 radical (unpaired) electrons. The number of hydrogen-bond acceptors (Lipinski definition) is 7. The average molecular weight is 618 g/mol. The van der Waals surface area contributed by atoms with Crippen molar-refractivity contribution >= 4 is 24.2 Å². The number of nitrogens with one attached hydrogen (secondary N) is 2. The first-order valence-electron chi connectivity index (χ1n) is 15.6. The second-order valence-corrected chi connectivity index (χ2v) is 11.3. The Labute approximate surface area is 264 Å². The molecule has 45 heavy (non-hydrogen) atoms. The molecule has 10 nitrogen and oxygen atoms in total. The zero-order chi connectivity index (χ0) is 32.2. The van der Waals surface area contributed by atoms with E-state index < -0.39 is 23.3 Å². The monoisotopic (exact) mass is 617 g/mol. The van der Waals surface area contributed by atoms with Crippen LogP contribution in [0.25, 0.3) is 11.3 Å². The second kappa shape index (κ2) is 16.0. The minimum atomic E-state index is -0.613. The van der Waals surface area contributed by atoms with Crippen molar-refractivity contribution in [1.29, 1.82) is 0 Å². The third-order valence-corrected chi connectivity index (χ3v) is 8.36. The number of amides is 3. The number of methoxy groups -OCH3 is 1. The van der Waals surface area contributed by atoms with Crippen LogP contribution in [0.15, 0.2) is 71.1 Å². The molecule has 3 amide bonds. The van der Waals surface area contributed by atoms with Crippen molar-refractivity contribution in [2.75, 3.05) is 13.8 Å². The maximum atomic E-state index is 13.4. The molecular formula is C35H43N3O7. The molecule has 0 bridgehead atoms. The van der Waals surface area contributed by atoms with Gasteiger partial charge in [0.2, 0.25) is 12.3 Å². The van der Waals surface area contributed by atoms with Gasteiger partial charge in [-0.25, -0.2) is 5.06 Å². The molecule has 1 aromatic heterocycles. The molecule has 4 rings (SSSR count). The molecule has 1 saturated carbocycles. The van der Waals surface area contributed by atoms with Crippen LogP contribution in [0.5, 0.6) is 0 Å². The van der Waals surface area contributed by atoms with Crippen molar-refractivity contribution < 1.29 is 33.2 Å². The molecule has 0 aliphatic heterocycles. The van der Waals surface area contributed by atoms with Crippen LogP contribution < -0.4 is 10.6 Å². The highest BCUT2D eigenvalue weighted by molar-refractivity contribution is 5.92. The van der Waals surface area contributed by atoms with Crippen LogP contribution in [0, 0.1) is 5.92 Å². The minimum Gasteiger partial charge on any atom is -0.468 e. The summed E-state index contributed by atoms with van der Waals surface area (Å²) in [6.45, 7) is 4.10. The lowest BCUT2D eigenvalue weighted by Gasteiger charge is -2.32. The third kappa shape index (κ3) is 8.39. The van der Waals surface area contributed by atoms with Crippen LogP contribution in [0.1, 0.15) is 80.5 Å². The van der Waals surface area contributed by atoms with Gasteiger partial charge in [-0.15, -0.1) is 0 Å². The summed E-state index contributed by atoms with van der Waals surface area (Å²) in [6.07, 6.45) is 5.94. The van der Waals surface area contributed by atoms with Gasteiger partial charge in [0.05, 0.1) is 31.2 Å². The van der Waals surface area contributed by atoms with E-state index in [4.69, 9.17) is 14.0 Å². The Bertz CT molecular complexity index is 1430. The van der Waals surface area contributed by atoms with E-state index in [2.05, 4.69) is 17.6 Å². The van der Waals surface area contributed by atoms with Crippen LogP contribution in [0.2, 0.25) is 0 Å². The maximum Gasteiger partial charge on any atom is 0.316 e. The summed E-state index contributed by atoms with van der Waals surface area (Å²) in [5.74, 6) is -0.963. The number of carbonyl (C=O) groups excluding carboxylic acids is 4. The number of hydroxylamine groups is 2. The Morgan fingerprint density at radius 3 is 2.44 bits per heavy atom. The van der Waals surface area contributed by atoms with Gasteiger partial charge in [0.25, 0.3) is 5.91 Å². The first-order valence-corrected chi connectivity index (χ1v) is 15.6. The first-order chi connectivity index (χ1) is 21.9. The molecular weight excluding hydrogens is 574 g/mol. The van der Waals surface area contributed by atoms with Gasteiger partial charge >= 0.3 is 5.97 Å². The Morgan fingerprint density at radius 1 is 1.00 bits per heavy atom. The van der Waals surface area contributed by atoms with Crippen molar-refractivity contribution in [1.82, 2.24) is 15.7 Å². The van der Waals surface area contributed by atoms with Gasteiger partial charge in [-0.3, -0.25) is 24.0 Å². The van der Waals surface area contributed by atoms with Crippen LogP contribution in [-0.4, -0.2) is 49.1 Å². The molecule has 2 N–H and O–H groups in total.